The molecule has 0 aliphatic rings. The van der Waals surface area contributed by atoms with Gasteiger partial charge in [-0.15, -0.1) is 11.3 Å². The van der Waals surface area contributed by atoms with Crippen LogP contribution in [0.4, 0.5) is 0 Å². The summed E-state index contributed by atoms with van der Waals surface area (Å²) < 4.78 is 10.8. The van der Waals surface area contributed by atoms with Gasteiger partial charge in [0.05, 0.1) is 23.3 Å². The monoisotopic (exact) mass is 307 g/mol. The van der Waals surface area contributed by atoms with Gasteiger partial charge in [0.15, 0.2) is 0 Å². The Morgan fingerprint density at radius 2 is 1.81 bits per heavy atom. The van der Waals surface area contributed by atoms with Crippen molar-refractivity contribution >= 4 is 11.3 Å². The van der Waals surface area contributed by atoms with Crippen LogP contribution in [0.3, 0.4) is 0 Å². The van der Waals surface area contributed by atoms with E-state index in [1.165, 1.54) is 11.3 Å². The van der Waals surface area contributed by atoms with E-state index in [0.717, 1.165) is 33.5 Å². The molecule has 0 atom stereocenters. The first-order valence-corrected chi connectivity index (χ1v) is 7.74. The molecule has 0 spiro atoms. The molecule has 4 nitrogen and oxygen atoms in total. The Morgan fingerprint density at radius 1 is 1.19 bits per heavy atom. The molecule has 0 unspecified atom stereocenters. The standard InChI is InChI=1S/C16H21NO3S/c1-5-13-15(16(2,3)18)21-14(17-13)10-20-12-8-6-11(19-4)7-9-12/h6-9,18H,5,10H2,1-4H3. The molecule has 1 aromatic carbocycles. The zero-order chi connectivity index (χ0) is 15.5. The normalized spacial score (nSPS) is 11.5. The molecule has 0 saturated heterocycles. The summed E-state index contributed by atoms with van der Waals surface area (Å²) in [4.78, 5) is 5.47. The Balaban J connectivity index is 2.07. The van der Waals surface area contributed by atoms with E-state index in [4.69, 9.17) is 9.47 Å². The van der Waals surface area contributed by atoms with Crippen molar-refractivity contribution in [1.29, 1.82) is 0 Å². The Hall–Kier alpha value is -1.59. The third-order valence-corrected chi connectivity index (χ3v) is 4.44. The second kappa shape index (κ2) is 6.45. The van der Waals surface area contributed by atoms with Gasteiger partial charge in [-0.25, -0.2) is 4.98 Å². The van der Waals surface area contributed by atoms with Crippen LogP contribution in [-0.2, 0) is 18.6 Å². The van der Waals surface area contributed by atoms with Crippen LogP contribution in [0.15, 0.2) is 24.3 Å². The minimum atomic E-state index is -0.860. The molecular formula is C16H21NO3S. The molecule has 0 aliphatic heterocycles. The van der Waals surface area contributed by atoms with Crippen molar-refractivity contribution in [2.45, 2.75) is 39.4 Å². The number of benzene rings is 1. The highest BCUT2D eigenvalue weighted by atomic mass is 32.1. The summed E-state index contributed by atoms with van der Waals surface area (Å²) in [6, 6.07) is 7.45. The van der Waals surface area contributed by atoms with Crippen LogP contribution < -0.4 is 9.47 Å². The van der Waals surface area contributed by atoms with E-state index in [-0.39, 0.29) is 0 Å². The zero-order valence-electron chi connectivity index (χ0n) is 12.8. The molecule has 1 N–H and O–H groups in total. The van der Waals surface area contributed by atoms with Crippen LogP contribution in [-0.4, -0.2) is 17.2 Å². The number of ether oxygens (including phenoxy) is 2. The van der Waals surface area contributed by atoms with Crippen molar-refractivity contribution in [2.24, 2.45) is 0 Å². The average molecular weight is 307 g/mol. The summed E-state index contributed by atoms with van der Waals surface area (Å²) in [5.74, 6) is 1.57. The van der Waals surface area contributed by atoms with Gasteiger partial charge in [0, 0.05) is 0 Å². The summed E-state index contributed by atoms with van der Waals surface area (Å²) in [5, 5.41) is 11.0. The second-order valence-electron chi connectivity index (χ2n) is 5.26. The van der Waals surface area contributed by atoms with E-state index in [1.807, 2.05) is 31.2 Å². The number of thiazole rings is 1. The quantitative estimate of drug-likeness (QED) is 0.887. The van der Waals surface area contributed by atoms with Crippen LogP contribution in [0.1, 0.15) is 36.3 Å². The zero-order valence-corrected chi connectivity index (χ0v) is 13.7. The molecule has 114 valence electrons. The minimum Gasteiger partial charge on any atom is -0.497 e. The number of nitrogens with zero attached hydrogens (tertiary/aromatic N) is 1. The highest BCUT2D eigenvalue weighted by Gasteiger charge is 2.24. The number of methoxy groups -OCH3 is 1. The van der Waals surface area contributed by atoms with Gasteiger partial charge < -0.3 is 14.6 Å². The van der Waals surface area contributed by atoms with E-state index >= 15 is 0 Å². The minimum absolute atomic E-state index is 0.403. The Kier molecular flexibility index (Phi) is 4.85. The molecule has 0 amide bonds. The fourth-order valence-electron chi connectivity index (χ4n) is 2.00. The Morgan fingerprint density at radius 3 is 2.29 bits per heavy atom. The lowest BCUT2D eigenvalue weighted by atomic mass is 10.1. The van der Waals surface area contributed by atoms with Crippen LogP contribution in [0.2, 0.25) is 0 Å². The maximum Gasteiger partial charge on any atom is 0.140 e. The van der Waals surface area contributed by atoms with Crippen molar-refractivity contribution < 1.29 is 14.6 Å². The SMILES string of the molecule is CCc1nc(COc2ccc(OC)cc2)sc1C(C)(C)O. The van der Waals surface area contributed by atoms with Crippen molar-refractivity contribution in [3.8, 4) is 11.5 Å². The van der Waals surface area contributed by atoms with Gasteiger partial charge in [-0.05, 0) is 44.5 Å². The number of hydrogen-bond donors (Lipinski definition) is 1. The molecule has 21 heavy (non-hydrogen) atoms. The lowest BCUT2D eigenvalue weighted by Crippen LogP contribution is -2.15. The van der Waals surface area contributed by atoms with Crippen LogP contribution in [0.5, 0.6) is 11.5 Å². The molecule has 0 radical (unpaired) electrons. The van der Waals surface area contributed by atoms with Crippen molar-refractivity contribution in [3.05, 3.63) is 39.8 Å². The highest BCUT2D eigenvalue weighted by molar-refractivity contribution is 7.11. The van der Waals surface area contributed by atoms with Gasteiger partial charge in [-0.2, -0.15) is 0 Å². The molecular weight excluding hydrogens is 286 g/mol. The van der Waals surface area contributed by atoms with Gasteiger partial charge in [0.2, 0.25) is 0 Å². The van der Waals surface area contributed by atoms with Crippen molar-refractivity contribution in [1.82, 2.24) is 4.98 Å². The number of rotatable bonds is 6. The fraction of sp³-hybridized carbons (Fsp3) is 0.438. The summed E-state index contributed by atoms with van der Waals surface area (Å²) in [6.45, 7) is 6.01. The van der Waals surface area contributed by atoms with Crippen molar-refractivity contribution in [3.63, 3.8) is 0 Å². The molecule has 0 fully saturated rings. The van der Waals surface area contributed by atoms with E-state index in [1.54, 1.807) is 21.0 Å². The van der Waals surface area contributed by atoms with E-state index in [9.17, 15) is 5.11 Å². The number of aryl methyl sites for hydroxylation is 1. The summed E-state index contributed by atoms with van der Waals surface area (Å²) in [5.41, 5.74) is 0.0855. The van der Waals surface area contributed by atoms with Gasteiger partial charge >= 0.3 is 0 Å². The van der Waals surface area contributed by atoms with E-state index in [0.29, 0.717) is 6.61 Å². The predicted molar refractivity (Wildman–Crippen MR) is 84.1 cm³/mol. The second-order valence-corrected chi connectivity index (χ2v) is 6.34. The summed E-state index contributed by atoms with van der Waals surface area (Å²) in [6.07, 6.45) is 0.804. The third kappa shape index (κ3) is 3.95. The lowest BCUT2D eigenvalue weighted by molar-refractivity contribution is 0.0814. The first kappa shape index (κ1) is 15.8. The maximum absolute atomic E-state index is 10.2. The molecule has 5 heteroatoms. The smallest absolute Gasteiger partial charge is 0.140 e. The first-order chi connectivity index (χ1) is 9.94. The maximum atomic E-state index is 10.2. The van der Waals surface area contributed by atoms with Gasteiger partial charge in [0.1, 0.15) is 23.1 Å². The molecule has 2 aromatic rings. The number of hydrogen-bond acceptors (Lipinski definition) is 5. The largest absolute Gasteiger partial charge is 0.497 e. The number of aromatic nitrogens is 1. The Labute approximate surface area is 129 Å². The molecule has 1 aromatic heterocycles. The fourth-order valence-corrected chi connectivity index (χ4v) is 3.06. The van der Waals surface area contributed by atoms with Crippen LogP contribution in [0, 0.1) is 0 Å². The van der Waals surface area contributed by atoms with Crippen molar-refractivity contribution in [2.75, 3.05) is 7.11 Å². The van der Waals surface area contributed by atoms with Gasteiger partial charge in [-0.3, -0.25) is 0 Å². The topological polar surface area (TPSA) is 51.6 Å². The summed E-state index contributed by atoms with van der Waals surface area (Å²) in [7, 11) is 1.63. The molecule has 0 saturated carbocycles. The lowest BCUT2D eigenvalue weighted by Gasteiger charge is -2.15. The van der Waals surface area contributed by atoms with Crippen LogP contribution in [0.25, 0.3) is 0 Å². The highest BCUT2D eigenvalue weighted by Crippen LogP contribution is 2.31. The predicted octanol–water partition coefficient (Wildman–Crippen LogP) is 3.52. The van der Waals surface area contributed by atoms with Crippen LogP contribution >= 0.6 is 11.3 Å². The molecule has 1 heterocycles. The first-order valence-electron chi connectivity index (χ1n) is 6.92. The van der Waals surface area contributed by atoms with Gasteiger partial charge in [0.25, 0.3) is 0 Å². The third-order valence-electron chi connectivity index (χ3n) is 3.05. The number of aliphatic hydroxyl groups is 1. The van der Waals surface area contributed by atoms with Gasteiger partial charge in [-0.1, -0.05) is 6.92 Å². The molecule has 0 bridgehead atoms. The molecule has 2 rings (SSSR count). The summed E-state index contributed by atoms with van der Waals surface area (Å²) >= 11 is 1.51. The Bertz CT molecular complexity index is 585. The average Bonchev–Trinajstić information content (AvgIpc) is 2.89. The molecule has 0 aliphatic carbocycles. The van der Waals surface area contributed by atoms with E-state index in [2.05, 4.69) is 4.98 Å². The van der Waals surface area contributed by atoms with E-state index < -0.39 is 5.60 Å².